The Morgan fingerprint density at radius 1 is 1.09 bits per heavy atom. The number of anilines is 2. The Morgan fingerprint density at radius 2 is 1.96 bits per heavy atom. The molecule has 0 aliphatic carbocycles. The van der Waals surface area contributed by atoms with Gasteiger partial charge in [-0.2, -0.15) is 0 Å². The SMILES string of the molecule is O=CNCc1[c]cccc1-c1cccc(Nc2ncccn2)c1. The molecular weight excluding hydrogens is 288 g/mol. The summed E-state index contributed by atoms with van der Waals surface area (Å²) in [6.07, 6.45) is 4.07. The highest BCUT2D eigenvalue weighted by Crippen LogP contribution is 2.26. The van der Waals surface area contributed by atoms with Crippen molar-refractivity contribution < 1.29 is 4.79 Å². The number of aromatic nitrogens is 2. The summed E-state index contributed by atoms with van der Waals surface area (Å²) in [5, 5.41) is 5.85. The zero-order valence-corrected chi connectivity index (χ0v) is 12.4. The number of carbonyl (C=O) groups excluding carboxylic acids is 1. The van der Waals surface area contributed by atoms with E-state index >= 15 is 0 Å². The fraction of sp³-hybridized carbons (Fsp3) is 0.0556. The zero-order chi connectivity index (χ0) is 15.9. The van der Waals surface area contributed by atoms with Crippen LogP contribution in [0.1, 0.15) is 5.56 Å². The topological polar surface area (TPSA) is 66.9 Å². The molecule has 1 radical (unpaired) electrons. The average Bonchev–Trinajstić information content (AvgIpc) is 2.61. The Bertz CT molecular complexity index is 790. The molecule has 1 heterocycles. The molecule has 5 nitrogen and oxygen atoms in total. The number of hydrogen-bond acceptors (Lipinski definition) is 4. The van der Waals surface area contributed by atoms with Crippen molar-refractivity contribution >= 4 is 18.0 Å². The van der Waals surface area contributed by atoms with Gasteiger partial charge in [0, 0.05) is 24.6 Å². The van der Waals surface area contributed by atoms with E-state index in [2.05, 4.69) is 26.7 Å². The minimum absolute atomic E-state index is 0.444. The van der Waals surface area contributed by atoms with Crippen molar-refractivity contribution in [3.05, 3.63) is 72.6 Å². The second-order valence-corrected chi connectivity index (χ2v) is 4.84. The Labute approximate surface area is 134 Å². The van der Waals surface area contributed by atoms with Crippen LogP contribution >= 0.6 is 0 Å². The molecule has 3 aromatic rings. The van der Waals surface area contributed by atoms with Crippen molar-refractivity contribution in [2.75, 3.05) is 5.32 Å². The maximum Gasteiger partial charge on any atom is 0.227 e. The molecule has 1 aromatic heterocycles. The van der Waals surface area contributed by atoms with Crippen LogP contribution in [0, 0.1) is 6.07 Å². The predicted molar refractivity (Wildman–Crippen MR) is 88.9 cm³/mol. The lowest BCUT2D eigenvalue weighted by molar-refractivity contribution is -0.109. The van der Waals surface area contributed by atoms with Gasteiger partial charge in [-0.25, -0.2) is 9.97 Å². The van der Waals surface area contributed by atoms with Gasteiger partial charge in [0.15, 0.2) is 0 Å². The Kier molecular flexibility index (Phi) is 4.59. The van der Waals surface area contributed by atoms with Gasteiger partial charge >= 0.3 is 0 Å². The third kappa shape index (κ3) is 3.71. The van der Waals surface area contributed by atoms with E-state index in [1.807, 2.05) is 42.5 Å². The van der Waals surface area contributed by atoms with Crippen LogP contribution in [0.4, 0.5) is 11.6 Å². The number of hydrogen-bond donors (Lipinski definition) is 2. The molecule has 2 aromatic carbocycles. The molecule has 1 amide bonds. The lowest BCUT2D eigenvalue weighted by Crippen LogP contribution is -2.10. The quantitative estimate of drug-likeness (QED) is 0.687. The standard InChI is InChI=1S/C18H15N4O/c23-13-19-12-15-5-1-2-8-17(15)14-6-3-7-16(11-14)22-18-20-9-4-10-21-18/h1-4,6-11,13H,12H2,(H,19,23)(H,20,21,22). The Balaban J connectivity index is 1.89. The monoisotopic (exact) mass is 303 g/mol. The van der Waals surface area contributed by atoms with Gasteiger partial charge < -0.3 is 10.6 Å². The van der Waals surface area contributed by atoms with E-state index in [1.54, 1.807) is 18.5 Å². The first-order chi connectivity index (χ1) is 11.4. The lowest BCUT2D eigenvalue weighted by atomic mass is 9.99. The van der Waals surface area contributed by atoms with E-state index in [0.29, 0.717) is 18.9 Å². The Morgan fingerprint density at radius 3 is 2.78 bits per heavy atom. The molecule has 0 unspecified atom stereocenters. The highest BCUT2D eigenvalue weighted by Gasteiger charge is 2.06. The van der Waals surface area contributed by atoms with Crippen molar-refractivity contribution in [2.45, 2.75) is 6.54 Å². The van der Waals surface area contributed by atoms with Crippen LogP contribution in [0.3, 0.4) is 0 Å². The molecule has 0 aliphatic heterocycles. The summed E-state index contributed by atoms with van der Waals surface area (Å²) < 4.78 is 0. The summed E-state index contributed by atoms with van der Waals surface area (Å²) in [7, 11) is 0. The number of nitrogens with zero attached hydrogens (tertiary/aromatic N) is 2. The van der Waals surface area contributed by atoms with Crippen molar-refractivity contribution in [1.29, 1.82) is 0 Å². The molecule has 2 N–H and O–H groups in total. The van der Waals surface area contributed by atoms with Crippen molar-refractivity contribution in [3.63, 3.8) is 0 Å². The van der Waals surface area contributed by atoms with Crippen LogP contribution in [0.2, 0.25) is 0 Å². The minimum atomic E-state index is 0.444. The summed E-state index contributed by atoms with van der Waals surface area (Å²) in [5.74, 6) is 0.548. The van der Waals surface area contributed by atoms with Gasteiger partial charge in [0.25, 0.3) is 0 Å². The molecular formula is C18H15N4O. The molecule has 0 atom stereocenters. The van der Waals surface area contributed by atoms with E-state index in [4.69, 9.17) is 0 Å². The highest BCUT2D eigenvalue weighted by molar-refractivity contribution is 5.72. The molecule has 0 saturated heterocycles. The molecule has 3 rings (SSSR count). The van der Waals surface area contributed by atoms with Crippen LogP contribution in [0.25, 0.3) is 11.1 Å². The predicted octanol–water partition coefficient (Wildman–Crippen LogP) is 2.93. The van der Waals surface area contributed by atoms with Gasteiger partial charge in [-0.3, -0.25) is 4.79 Å². The fourth-order valence-electron chi connectivity index (χ4n) is 2.29. The first-order valence-electron chi connectivity index (χ1n) is 7.18. The minimum Gasteiger partial charge on any atom is -0.355 e. The number of rotatable bonds is 6. The molecule has 0 bridgehead atoms. The number of nitrogens with one attached hydrogen (secondary N) is 2. The van der Waals surface area contributed by atoms with Crippen LogP contribution in [0.15, 0.2) is 60.9 Å². The van der Waals surface area contributed by atoms with Gasteiger partial charge in [0.2, 0.25) is 12.4 Å². The van der Waals surface area contributed by atoms with Crippen LogP contribution in [0.5, 0.6) is 0 Å². The molecule has 23 heavy (non-hydrogen) atoms. The number of amides is 1. The van der Waals surface area contributed by atoms with Gasteiger partial charge in [-0.1, -0.05) is 30.3 Å². The van der Waals surface area contributed by atoms with Crippen LogP contribution in [-0.4, -0.2) is 16.4 Å². The van der Waals surface area contributed by atoms with Gasteiger partial charge in [-0.15, -0.1) is 0 Å². The molecule has 0 fully saturated rings. The van der Waals surface area contributed by atoms with E-state index in [-0.39, 0.29) is 0 Å². The third-order valence-electron chi connectivity index (χ3n) is 3.30. The Hall–Kier alpha value is -3.21. The number of benzene rings is 2. The van der Waals surface area contributed by atoms with Crippen LogP contribution in [-0.2, 0) is 11.3 Å². The first-order valence-corrected chi connectivity index (χ1v) is 7.18. The third-order valence-corrected chi connectivity index (χ3v) is 3.30. The summed E-state index contributed by atoms with van der Waals surface area (Å²) in [6.45, 7) is 0.444. The van der Waals surface area contributed by atoms with E-state index in [9.17, 15) is 4.79 Å². The van der Waals surface area contributed by atoms with Gasteiger partial charge in [0.05, 0.1) is 0 Å². The van der Waals surface area contributed by atoms with Crippen molar-refractivity contribution in [1.82, 2.24) is 15.3 Å². The summed E-state index contributed by atoms with van der Waals surface area (Å²) in [5.41, 5.74) is 3.89. The number of carbonyl (C=O) groups is 1. The van der Waals surface area contributed by atoms with E-state index < -0.39 is 0 Å². The molecule has 113 valence electrons. The highest BCUT2D eigenvalue weighted by atomic mass is 16.1. The normalized spacial score (nSPS) is 10.1. The van der Waals surface area contributed by atoms with Crippen molar-refractivity contribution in [3.8, 4) is 11.1 Å². The molecule has 0 spiro atoms. The van der Waals surface area contributed by atoms with E-state index in [1.165, 1.54) is 0 Å². The first kappa shape index (κ1) is 14.7. The zero-order valence-electron chi connectivity index (χ0n) is 12.4. The molecule has 0 aliphatic rings. The second kappa shape index (κ2) is 7.17. The largest absolute Gasteiger partial charge is 0.355 e. The van der Waals surface area contributed by atoms with Crippen molar-refractivity contribution in [2.24, 2.45) is 0 Å². The summed E-state index contributed by atoms with van der Waals surface area (Å²) >= 11 is 0. The maximum atomic E-state index is 10.5. The van der Waals surface area contributed by atoms with Crippen LogP contribution < -0.4 is 10.6 Å². The maximum absolute atomic E-state index is 10.5. The molecule has 5 heteroatoms. The molecule has 0 saturated carbocycles. The summed E-state index contributed by atoms with van der Waals surface area (Å²) in [6, 6.07) is 18.7. The fourth-order valence-corrected chi connectivity index (χ4v) is 2.29. The lowest BCUT2D eigenvalue weighted by Gasteiger charge is -2.11. The summed E-state index contributed by atoms with van der Waals surface area (Å²) in [4.78, 5) is 18.8. The smallest absolute Gasteiger partial charge is 0.227 e. The average molecular weight is 303 g/mol. The van der Waals surface area contributed by atoms with Gasteiger partial charge in [0.1, 0.15) is 0 Å². The second-order valence-electron chi connectivity index (χ2n) is 4.84. The van der Waals surface area contributed by atoms with E-state index in [0.717, 1.165) is 22.4 Å². The van der Waals surface area contributed by atoms with Gasteiger partial charge in [-0.05, 0) is 41.0 Å².